The standard InChI is InChI=1S/C20H29N3O2/c24-19(14-21-20(25)17-9-10-17)22-18(13-16-7-3-1-4-8-16)15-23-11-5-2-6-12-23/h1,3-4,7-8,17-18H,2,5-6,9-15H2,(H,21,25)(H,22,24). The summed E-state index contributed by atoms with van der Waals surface area (Å²) >= 11 is 0. The molecule has 1 aromatic carbocycles. The molecule has 3 rings (SSSR count). The largest absolute Gasteiger partial charge is 0.350 e. The van der Waals surface area contributed by atoms with E-state index < -0.39 is 0 Å². The molecular formula is C20H29N3O2. The summed E-state index contributed by atoms with van der Waals surface area (Å²) in [7, 11) is 0. The van der Waals surface area contributed by atoms with Crippen LogP contribution in [0.15, 0.2) is 30.3 Å². The lowest BCUT2D eigenvalue weighted by atomic mass is 10.0. The second-order valence-electron chi connectivity index (χ2n) is 7.31. The van der Waals surface area contributed by atoms with Gasteiger partial charge in [0.25, 0.3) is 0 Å². The van der Waals surface area contributed by atoms with E-state index in [0.717, 1.165) is 38.9 Å². The van der Waals surface area contributed by atoms with Crippen LogP contribution in [0, 0.1) is 5.92 Å². The van der Waals surface area contributed by atoms with E-state index >= 15 is 0 Å². The fraction of sp³-hybridized carbons (Fsp3) is 0.600. The number of rotatable bonds is 8. The van der Waals surface area contributed by atoms with Crippen molar-refractivity contribution >= 4 is 11.8 Å². The molecule has 2 fully saturated rings. The first kappa shape index (κ1) is 17.9. The first-order valence-electron chi connectivity index (χ1n) is 9.54. The highest BCUT2D eigenvalue weighted by atomic mass is 16.2. The van der Waals surface area contributed by atoms with Gasteiger partial charge in [-0.15, -0.1) is 0 Å². The van der Waals surface area contributed by atoms with Gasteiger partial charge in [0.2, 0.25) is 11.8 Å². The van der Waals surface area contributed by atoms with Crippen LogP contribution in [0.4, 0.5) is 0 Å². The number of likely N-dealkylation sites (tertiary alicyclic amines) is 1. The van der Waals surface area contributed by atoms with Crippen molar-refractivity contribution in [2.75, 3.05) is 26.2 Å². The Balaban J connectivity index is 1.52. The summed E-state index contributed by atoms with van der Waals surface area (Å²) in [5.74, 6) is 0.0685. The Bertz CT molecular complexity index is 566. The topological polar surface area (TPSA) is 61.4 Å². The molecule has 25 heavy (non-hydrogen) atoms. The number of carbonyl (C=O) groups excluding carboxylic acids is 2. The van der Waals surface area contributed by atoms with Crippen molar-refractivity contribution < 1.29 is 9.59 Å². The third-order valence-corrected chi connectivity index (χ3v) is 4.99. The summed E-state index contributed by atoms with van der Waals surface area (Å²) in [6.07, 6.45) is 6.52. The van der Waals surface area contributed by atoms with Crippen molar-refractivity contribution in [1.82, 2.24) is 15.5 Å². The third kappa shape index (κ3) is 6.16. The van der Waals surface area contributed by atoms with E-state index in [-0.39, 0.29) is 30.3 Å². The molecule has 1 atom stereocenters. The van der Waals surface area contributed by atoms with Crippen molar-refractivity contribution in [3.05, 3.63) is 35.9 Å². The Labute approximate surface area is 150 Å². The average molecular weight is 343 g/mol. The van der Waals surface area contributed by atoms with Crippen LogP contribution < -0.4 is 10.6 Å². The lowest BCUT2D eigenvalue weighted by molar-refractivity contribution is -0.127. The molecular weight excluding hydrogens is 314 g/mol. The van der Waals surface area contributed by atoms with Crippen molar-refractivity contribution in [3.8, 4) is 0 Å². The van der Waals surface area contributed by atoms with E-state index in [1.807, 2.05) is 18.2 Å². The predicted octanol–water partition coefficient (Wildman–Crippen LogP) is 1.73. The highest BCUT2D eigenvalue weighted by molar-refractivity contribution is 5.87. The average Bonchev–Trinajstić information content (AvgIpc) is 3.46. The summed E-state index contributed by atoms with van der Waals surface area (Å²) in [6, 6.07) is 10.4. The van der Waals surface area contributed by atoms with Gasteiger partial charge in [-0.05, 0) is 50.8 Å². The molecule has 0 spiro atoms. The van der Waals surface area contributed by atoms with E-state index in [1.165, 1.54) is 24.8 Å². The van der Waals surface area contributed by atoms with Crippen LogP contribution >= 0.6 is 0 Å². The fourth-order valence-corrected chi connectivity index (χ4v) is 3.45. The number of hydrogen-bond donors (Lipinski definition) is 2. The maximum absolute atomic E-state index is 12.3. The molecule has 0 bridgehead atoms. The maximum Gasteiger partial charge on any atom is 0.239 e. The first-order chi connectivity index (χ1) is 12.2. The van der Waals surface area contributed by atoms with E-state index in [0.29, 0.717) is 0 Å². The normalized spacial score (nSPS) is 19.2. The van der Waals surface area contributed by atoms with Gasteiger partial charge in [0.05, 0.1) is 6.54 Å². The molecule has 5 nitrogen and oxygen atoms in total. The fourth-order valence-electron chi connectivity index (χ4n) is 3.45. The zero-order chi connectivity index (χ0) is 17.5. The molecule has 1 aromatic rings. The molecule has 136 valence electrons. The Morgan fingerprint density at radius 2 is 1.80 bits per heavy atom. The van der Waals surface area contributed by atoms with Gasteiger partial charge in [0.15, 0.2) is 0 Å². The van der Waals surface area contributed by atoms with Gasteiger partial charge < -0.3 is 15.5 Å². The molecule has 1 saturated heterocycles. The van der Waals surface area contributed by atoms with Crippen LogP contribution in [-0.4, -0.2) is 48.9 Å². The van der Waals surface area contributed by atoms with Crippen molar-refractivity contribution in [2.24, 2.45) is 5.92 Å². The van der Waals surface area contributed by atoms with Gasteiger partial charge in [0.1, 0.15) is 0 Å². The first-order valence-corrected chi connectivity index (χ1v) is 9.54. The van der Waals surface area contributed by atoms with Crippen LogP contribution in [0.25, 0.3) is 0 Å². The Hall–Kier alpha value is -1.88. The molecule has 2 aliphatic rings. The van der Waals surface area contributed by atoms with Gasteiger partial charge in [0, 0.05) is 18.5 Å². The van der Waals surface area contributed by atoms with Gasteiger partial charge in [-0.2, -0.15) is 0 Å². The van der Waals surface area contributed by atoms with Crippen molar-refractivity contribution in [3.63, 3.8) is 0 Å². The monoisotopic (exact) mass is 343 g/mol. The molecule has 1 heterocycles. The Morgan fingerprint density at radius 3 is 2.48 bits per heavy atom. The summed E-state index contributed by atoms with van der Waals surface area (Å²) in [5.41, 5.74) is 1.23. The van der Waals surface area contributed by atoms with E-state index in [9.17, 15) is 9.59 Å². The van der Waals surface area contributed by atoms with E-state index in [1.54, 1.807) is 0 Å². The minimum absolute atomic E-state index is 0.0192. The lowest BCUT2D eigenvalue weighted by Gasteiger charge is -2.31. The second-order valence-corrected chi connectivity index (χ2v) is 7.31. The molecule has 1 aliphatic heterocycles. The molecule has 2 N–H and O–H groups in total. The lowest BCUT2D eigenvalue weighted by Crippen LogP contribution is -2.49. The third-order valence-electron chi connectivity index (χ3n) is 4.99. The van der Waals surface area contributed by atoms with Gasteiger partial charge >= 0.3 is 0 Å². The minimum atomic E-state index is -0.0908. The molecule has 1 unspecified atom stereocenters. The SMILES string of the molecule is O=C(CNC(=O)C1CC1)NC(Cc1ccccc1)CN1CCCCC1. The predicted molar refractivity (Wildman–Crippen MR) is 98.1 cm³/mol. The second kappa shape index (κ2) is 8.99. The number of piperidine rings is 1. The molecule has 2 amide bonds. The van der Waals surface area contributed by atoms with E-state index in [2.05, 4.69) is 27.7 Å². The maximum atomic E-state index is 12.3. The van der Waals surface area contributed by atoms with Crippen LogP contribution in [-0.2, 0) is 16.0 Å². The zero-order valence-corrected chi connectivity index (χ0v) is 14.9. The summed E-state index contributed by atoms with van der Waals surface area (Å²) in [4.78, 5) is 26.4. The van der Waals surface area contributed by atoms with Crippen LogP contribution in [0.5, 0.6) is 0 Å². The molecule has 1 aliphatic carbocycles. The zero-order valence-electron chi connectivity index (χ0n) is 14.9. The van der Waals surface area contributed by atoms with Crippen molar-refractivity contribution in [1.29, 1.82) is 0 Å². The van der Waals surface area contributed by atoms with Crippen LogP contribution in [0.1, 0.15) is 37.7 Å². The number of carbonyl (C=O) groups is 2. The number of benzene rings is 1. The Kier molecular flexibility index (Phi) is 6.45. The number of nitrogens with one attached hydrogen (secondary N) is 2. The number of hydrogen-bond acceptors (Lipinski definition) is 3. The molecule has 5 heteroatoms. The van der Waals surface area contributed by atoms with Gasteiger partial charge in [-0.1, -0.05) is 36.8 Å². The summed E-state index contributed by atoms with van der Waals surface area (Å²) < 4.78 is 0. The summed E-state index contributed by atoms with van der Waals surface area (Å²) in [5, 5.41) is 5.88. The van der Waals surface area contributed by atoms with Crippen molar-refractivity contribution in [2.45, 2.75) is 44.6 Å². The molecule has 1 saturated carbocycles. The Morgan fingerprint density at radius 1 is 1.08 bits per heavy atom. The van der Waals surface area contributed by atoms with Crippen LogP contribution in [0.3, 0.4) is 0 Å². The van der Waals surface area contributed by atoms with Gasteiger partial charge in [-0.25, -0.2) is 0 Å². The quantitative estimate of drug-likeness (QED) is 0.756. The molecule has 0 radical (unpaired) electrons. The number of nitrogens with zero attached hydrogens (tertiary/aromatic N) is 1. The van der Waals surface area contributed by atoms with Gasteiger partial charge in [-0.3, -0.25) is 9.59 Å². The highest BCUT2D eigenvalue weighted by Gasteiger charge is 2.29. The van der Waals surface area contributed by atoms with E-state index in [4.69, 9.17) is 0 Å². The minimum Gasteiger partial charge on any atom is -0.350 e. The smallest absolute Gasteiger partial charge is 0.239 e. The highest BCUT2D eigenvalue weighted by Crippen LogP contribution is 2.28. The molecule has 0 aromatic heterocycles. The summed E-state index contributed by atoms with van der Waals surface area (Å²) in [6.45, 7) is 3.18. The van der Waals surface area contributed by atoms with Crippen LogP contribution in [0.2, 0.25) is 0 Å². The number of amides is 2.